The van der Waals surface area contributed by atoms with Gasteiger partial charge in [0.15, 0.2) is 0 Å². The van der Waals surface area contributed by atoms with Crippen molar-refractivity contribution in [2.45, 2.75) is 26.2 Å². The van der Waals surface area contributed by atoms with E-state index in [0.717, 1.165) is 32.0 Å². The van der Waals surface area contributed by atoms with Crippen molar-refractivity contribution in [3.63, 3.8) is 0 Å². The minimum absolute atomic E-state index is 0.904. The molecule has 100 valence electrons. The van der Waals surface area contributed by atoms with E-state index >= 15 is 0 Å². The maximum Gasteiger partial charge on any atom is 0.141 e. The lowest BCUT2D eigenvalue weighted by Gasteiger charge is -2.29. The molecule has 0 atom stereocenters. The zero-order valence-corrected chi connectivity index (χ0v) is 12.0. The second kappa shape index (κ2) is 4.42. The van der Waals surface area contributed by atoms with Crippen molar-refractivity contribution < 1.29 is 0 Å². The number of anilines is 1. The van der Waals surface area contributed by atoms with E-state index in [-0.39, 0.29) is 0 Å². The molecule has 2 aromatic heterocycles. The summed E-state index contributed by atoms with van der Waals surface area (Å²) in [6, 6.07) is 0. The van der Waals surface area contributed by atoms with Crippen LogP contribution in [0, 0.1) is 6.92 Å². The van der Waals surface area contributed by atoms with Crippen LogP contribution in [0.2, 0.25) is 0 Å². The number of piperazine rings is 1. The highest BCUT2D eigenvalue weighted by atomic mass is 32.1. The Balaban J connectivity index is 1.92. The summed E-state index contributed by atoms with van der Waals surface area (Å²) < 4.78 is 0. The van der Waals surface area contributed by atoms with Crippen LogP contribution in [0.25, 0.3) is 10.2 Å². The van der Waals surface area contributed by atoms with Crippen LogP contribution in [0.15, 0.2) is 0 Å². The van der Waals surface area contributed by atoms with Gasteiger partial charge in [0.25, 0.3) is 0 Å². The summed E-state index contributed by atoms with van der Waals surface area (Å²) in [5.41, 5.74) is 1.54. The topological polar surface area (TPSA) is 41.1 Å². The van der Waals surface area contributed by atoms with E-state index in [1.807, 2.05) is 18.3 Å². The third-order valence-electron chi connectivity index (χ3n) is 4.07. The first-order valence-corrected chi connectivity index (χ1v) is 7.89. The Labute approximate surface area is 116 Å². The smallest absolute Gasteiger partial charge is 0.141 e. The van der Waals surface area contributed by atoms with Gasteiger partial charge in [0, 0.05) is 31.1 Å². The lowest BCUT2D eigenvalue weighted by molar-refractivity contribution is 0.585. The van der Waals surface area contributed by atoms with Gasteiger partial charge in [0.05, 0.1) is 5.39 Å². The molecule has 5 heteroatoms. The first-order valence-electron chi connectivity index (χ1n) is 7.07. The standard InChI is InChI=1S/C14H18N4S/c1-9-16-13(18-7-5-15-6-8-18)12-10-3-2-4-11(10)19-14(12)17-9/h15H,2-8H2,1H3. The molecule has 0 unspecified atom stereocenters. The number of hydrogen-bond acceptors (Lipinski definition) is 5. The Hall–Kier alpha value is -1.20. The number of fused-ring (bicyclic) bond motifs is 3. The Morgan fingerprint density at radius 1 is 1.16 bits per heavy atom. The van der Waals surface area contributed by atoms with Crippen molar-refractivity contribution in [2.75, 3.05) is 31.1 Å². The number of thiophene rings is 1. The molecule has 3 heterocycles. The highest BCUT2D eigenvalue weighted by molar-refractivity contribution is 7.19. The molecule has 1 fully saturated rings. The number of aryl methyl sites for hydroxylation is 3. The van der Waals surface area contributed by atoms with Gasteiger partial charge < -0.3 is 10.2 Å². The second-order valence-corrected chi connectivity index (χ2v) is 6.45. The monoisotopic (exact) mass is 274 g/mol. The van der Waals surface area contributed by atoms with E-state index in [1.165, 1.54) is 40.9 Å². The predicted octanol–water partition coefficient (Wildman–Crippen LogP) is 1.90. The molecule has 2 aliphatic rings. The summed E-state index contributed by atoms with van der Waals surface area (Å²) in [7, 11) is 0. The van der Waals surface area contributed by atoms with Gasteiger partial charge in [-0.3, -0.25) is 0 Å². The molecule has 2 aromatic rings. The zero-order chi connectivity index (χ0) is 12.8. The Bertz CT molecular complexity index is 628. The van der Waals surface area contributed by atoms with Crippen LogP contribution in [0.1, 0.15) is 22.7 Å². The third kappa shape index (κ3) is 1.83. The van der Waals surface area contributed by atoms with Crippen molar-refractivity contribution in [3.8, 4) is 0 Å². The quantitative estimate of drug-likeness (QED) is 0.862. The first-order chi connectivity index (χ1) is 9.33. The normalized spacial score (nSPS) is 19.1. The fraction of sp³-hybridized carbons (Fsp3) is 0.571. The van der Waals surface area contributed by atoms with E-state index in [2.05, 4.69) is 15.2 Å². The molecule has 1 N–H and O–H groups in total. The lowest BCUT2D eigenvalue weighted by atomic mass is 10.1. The Kier molecular flexibility index (Phi) is 2.70. The Morgan fingerprint density at radius 2 is 2.00 bits per heavy atom. The summed E-state index contributed by atoms with van der Waals surface area (Å²) in [5, 5.41) is 4.76. The lowest BCUT2D eigenvalue weighted by Crippen LogP contribution is -2.44. The van der Waals surface area contributed by atoms with Crippen molar-refractivity contribution in [1.29, 1.82) is 0 Å². The van der Waals surface area contributed by atoms with Crippen LogP contribution in [0.3, 0.4) is 0 Å². The summed E-state index contributed by atoms with van der Waals surface area (Å²) in [4.78, 5) is 14.6. The summed E-state index contributed by atoms with van der Waals surface area (Å²) in [6.45, 7) is 6.22. The molecule has 4 rings (SSSR count). The number of nitrogens with zero attached hydrogens (tertiary/aromatic N) is 3. The zero-order valence-electron chi connectivity index (χ0n) is 11.2. The van der Waals surface area contributed by atoms with Crippen molar-refractivity contribution >= 4 is 27.4 Å². The average molecular weight is 274 g/mol. The molecule has 0 bridgehead atoms. The fourth-order valence-electron chi connectivity index (χ4n) is 3.19. The second-order valence-electron chi connectivity index (χ2n) is 5.37. The molecule has 19 heavy (non-hydrogen) atoms. The van der Waals surface area contributed by atoms with E-state index < -0.39 is 0 Å². The molecule has 0 spiro atoms. The maximum absolute atomic E-state index is 4.77. The van der Waals surface area contributed by atoms with Gasteiger partial charge in [-0.05, 0) is 31.7 Å². The van der Waals surface area contributed by atoms with Crippen molar-refractivity contribution in [3.05, 3.63) is 16.3 Å². The molecule has 4 nitrogen and oxygen atoms in total. The Morgan fingerprint density at radius 3 is 2.84 bits per heavy atom. The van der Waals surface area contributed by atoms with Crippen molar-refractivity contribution in [1.82, 2.24) is 15.3 Å². The molecule has 0 aromatic carbocycles. The third-order valence-corrected chi connectivity index (χ3v) is 5.26. The van der Waals surface area contributed by atoms with Gasteiger partial charge >= 0.3 is 0 Å². The number of nitrogens with one attached hydrogen (secondary N) is 1. The molecular formula is C14H18N4S. The molecule has 1 saturated heterocycles. The molecule has 0 amide bonds. The highest BCUT2D eigenvalue weighted by Gasteiger charge is 2.24. The largest absolute Gasteiger partial charge is 0.353 e. The van der Waals surface area contributed by atoms with E-state index in [1.54, 1.807) is 4.88 Å². The molecule has 0 saturated carbocycles. The van der Waals surface area contributed by atoms with E-state index in [0.29, 0.717) is 0 Å². The van der Waals surface area contributed by atoms with Gasteiger partial charge in [-0.15, -0.1) is 11.3 Å². The van der Waals surface area contributed by atoms with Crippen LogP contribution in [0.5, 0.6) is 0 Å². The average Bonchev–Trinajstić information content (AvgIpc) is 2.98. The molecule has 1 aliphatic carbocycles. The van der Waals surface area contributed by atoms with Gasteiger partial charge in [0.2, 0.25) is 0 Å². The van der Waals surface area contributed by atoms with Crippen LogP contribution in [0.4, 0.5) is 5.82 Å². The van der Waals surface area contributed by atoms with Crippen LogP contribution < -0.4 is 10.2 Å². The van der Waals surface area contributed by atoms with Gasteiger partial charge in [-0.2, -0.15) is 0 Å². The summed E-state index contributed by atoms with van der Waals surface area (Å²) >= 11 is 1.89. The van der Waals surface area contributed by atoms with Crippen molar-refractivity contribution in [2.24, 2.45) is 0 Å². The highest BCUT2D eigenvalue weighted by Crippen LogP contribution is 2.40. The fourth-order valence-corrected chi connectivity index (χ4v) is 4.49. The number of rotatable bonds is 1. The maximum atomic E-state index is 4.77. The SMILES string of the molecule is Cc1nc(N2CCNCC2)c2c3c(sc2n1)CCC3. The first kappa shape index (κ1) is 11.6. The predicted molar refractivity (Wildman–Crippen MR) is 79.3 cm³/mol. The summed E-state index contributed by atoms with van der Waals surface area (Å²) in [5.74, 6) is 2.09. The van der Waals surface area contributed by atoms with E-state index in [4.69, 9.17) is 4.98 Å². The minimum atomic E-state index is 0.904. The molecule has 0 radical (unpaired) electrons. The molecule has 1 aliphatic heterocycles. The molecular weight excluding hydrogens is 256 g/mol. The van der Waals surface area contributed by atoms with E-state index in [9.17, 15) is 0 Å². The van der Waals surface area contributed by atoms with Gasteiger partial charge in [-0.1, -0.05) is 0 Å². The van der Waals surface area contributed by atoms with Gasteiger partial charge in [-0.25, -0.2) is 9.97 Å². The van der Waals surface area contributed by atoms with Gasteiger partial charge in [0.1, 0.15) is 16.5 Å². The van der Waals surface area contributed by atoms with Crippen LogP contribution in [-0.4, -0.2) is 36.1 Å². The number of aromatic nitrogens is 2. The van der Waals surface area contributed by atoms with Crippen LogP contribution >= 0.6 is 11.3 Å². The summed E-state index contributed by atoms with van der Waals surface area (Å²) in [6.07, 6.45) is 3.74. The number of hydrogen-bond donors (Lipinski definition) is 1. The van der Waals surface area contributed by atoms with Crippen LogP contribution in [-0.2, 0) is 12.8 Å². The minimum Gasteiger partial charge on any atom is -0.353 e.